The minimum absolute atomic E-state index is 0.0871. The fourth-order valence-electron chi connectivity index (χ4n) is 3.16. The quantitative estimate of drug-likeness (QED) is 0.407. The first-order chi connectivity index (χ1) is 15.5. The zero-order valence-corrected chi connectivity index (χ0v) is 17.8. The predicted octanol–water partition coefficient (Wildman–Crippen LogP) is 0.602. The molecule has 6 N–H and O–H groups in total. The SMILES string of the molecule is NC(=O)C1=C(NCc2cccc(F)c2)C=C(Nc2ncc(C(=O)N3CCOCC3)s2)NN1. The number of hydrogen-bond acceptors (Lipinski definition) is 9. The average Bonchev–Trinajstić information content (AvgIpc) is 3.26. The summed E-state index contributed by atoms with van der Waals surface area (Å²) >= 11 is 1.22. The van der Waals surface area contributed by atoms with Crippen molar-refractivity contribution in [3.8, 4) is 0 Å². The first-order valence-corrected chi connectivity index (χ1v) is 10.7. The number of amides is 2. The Kier molecular flexibility index (Phi) is 6.52. The van der Waals surface area contributed by atoms with Gasteiger partial charge in [-0.3, -0.25) is 20.4 Å². The number of morpholine rings is 1. The minimum atomic E-state index is -0.665. The van der Waals surface area contributed by atoms with Crippen molar-refractivity contribution in [3.05, 3.63) is 70.0 Å². The number of carbonyl (C=O) groups excluding carboxylic acids is 2. The minimum Gasteiger partial charge on any atom is -0.379 e. The van der Waals surface area contributed by atoms with Gasteiger partial charge in [0, 0.05) is 25.7 Å². The first-order valence-electron chi connectivity index (χ1n) is 9.85. The Morgan fingerprint density at radius 3 is 2.84 bits per heavy atom. The van der Waals surface area contributed by atoms with Crippen molar-refractivity contribution < 1.29 is 18.7 Å². The Morgan fingerprint density at radius 2 is 2.09 bits per heavy atom. The lowest BCUT2D eigenvalue weighted by atomic mass is 10.2. The molecule has 2 aliphatic heterocycles. The van der Waals surface area contributed by atoms with Gasteiger partial charge in [-0.1, -0.05) is 23.5 Å². The molecule has 10 nitrogen and oxygen atoms in total. The van der Waals surface area contributed by atoms with Crippen molar-refractivity contribution in [2.75, 3.05) is 31.6 Å². The number of halogens is 1. The predicted molar refractivity (Wildman–Crippen MR) is 116 cm³/mol. The highest BCUT2D eigenvalue weighted by atomic mass is 32.1. The smallest absolute Gasteiger partial charge is 0.268 e. The molecule has 168 valence electrons. The zero-order valence-electron chi connectivity index (χ0n) is 17.0. The summed E-state index contributed by atoms with van der Waals surface area (Å²) in [6, 6.07) is 6.13. The van der Waals surface area contributed by atoms with Gasteiger partial charge in [-0.25, -0.2) is 9.37 Å². The van der Waals surface area contributed by atoms with Gasteiger partial charge in [0.2, 0.25) is 0 Å². The molecule has 1 aromatic carbocycles. The zero-order chi connectivity index (χ0) is 22.5. The van der Waals surface area contributed by atoms with Crippen molar-refractivity contribution in [2.24, 2.45) is 5.73 Å². The molecule has 3 heterocycles. The fraction of sp³-hybridized carbons (Fsp3) is 0.250. The van der Waals surface area contributed by atoms with Crippen molar-refractivity contribution >= 4 is 28.3 Å². The van der Waals surface area contributed by atoms with Crippen LogP contribution in [0, 0.1) is 5.82 Å². The van der Waals surface area contributed by atoms with Crippen LogP contribution >= 0.6 is 11.3 Å². The number of primary amides is 1. The van der Waals surface area contributed by atoms with E-state index >= 15 is 0 Å². The van der Waals surface area contributed by atoms with E-state index in [1.54, 1.807) is 23.1 Å². The molecule has 0 spiro atoms. The van der Waals surface area contributed by atoms with Crippen LogP contribution in [-0.2, 0) is 16.1 Å². The maximum absolute atomic E-state index is 13.4. The standard InChI is InChI=1S/C20H22FN7O3S/c21-13-3-1-2-12(8-13)10-23-14-9-16(26-27-17(14)18(22)29)25-20-24-11-15(32-20)19(30)28-4-6-31-7-5-28/h1-3,8-9,11,23,26-27H,4-7,10H2,(H2,22,29)(H,24,25). The van der Waals surface area contributed by atoms with Crippen LogP contribution in [0.2, 0.25) is 0 Å². The van der Waals surface area contributed by atoms with E-state index in [9.17, 15) is 14.0 Å². The second-order valence-electron chi connectivity index (χ2n) is 7.00. The molecule has 0 radical (unpaired) electrons. The number of carbonyl (C=O) groups is 2. The van der Waals surface area contributed by atoms with E-state index in [1.165, 1.54) is 29.7 Å². The van der Waals surface area contributed by atoms with Gasteiger partial charge in [-0.05, 0) is 17.7 Å². The van der Waals surface area contributed by atoms with E-state index in [0.717, 1.165) is 0 Å². The lowest BCUT2D eigenvalue weighted by Gasteiger charge is -2.26. The van der Waals surface area contributed by atoms with Crippen molar-refractivity contribution in [2.45, 2.75) is 6.54 Å². The largest absolute Gasteiger partial charge is 0.379 e. The van der Waals surface area contributed by atoms with Gasteiger partial charge < -0.3 is 26.0 Å². The fourth-order valence-corrected chi connectivity index (χ4v) is 3.96. The number of benzene rings is 1. The summed E-state index contributed by atoms with van der Waals surface area (Å²) in [5, 5.41) is 6.65. The molecule has 4 rings (SSSR count). The highest BCUT2D eigenvalue weighted by Gasteiger charge is 2.22. The van der Waals surface area contributed by atoms with Crippen LogP contribution in [0.1, 0.15) is 15.2 Å². The molecule has 1 aromatic heterocycles. The summed E-state index contributed by atoms with van der Waals surface area (Å²) in [4.78, 5) is 30.9. The van der Waals surface area contributed by atoms with Crippen LogP contribution in [0.5, 0.6) is 0 Å². The van der Waals surface area contributed by atoms with Crippen LogP contribution in [0.25, 0.3) is 0 Å². The molecule has 12 heteroatoms. The first kappa shape index (κ1) is 21.6. The lowest BCUT2D eigenvalue weighted by Crippen LogP contribution is -2.43. The Hall–Kier alpha value is -3.64. The van der Waals surface area contributed by atoms with Gasteiger partial charge >= 0.3 is 0 Å². The highest BCUT2D eigenvalue weighted by molar-refractivity contribution is 7.17. The van der Waals surface area contributed by atoms with Gasteiger partial charge in [0.05, 0.1) is 25.1 Å². The summed E-state index contributed by atoms with van der Waals surface area (Å²) < 4.78 is 18.7. The van der Waals surface area contributed by atoms with E-state index in [0.29, 0.717) is 53.4 Å². The summed E-state index contributed by atoms with van der Waals surface area (Å²) in [7, 11) is 0. The maximum atomic E-state index is 13.4. The summed E-state index contributed by atoms with van der Waals surface area (Å²) in [5.41, 5.74) is 12.3. The number of aromatic nitrogens is 1. The molecule has 0 unspecified atom stereocenters. The summed E-state index contributed by atoms with van der Waals surface area (Å²) in [6.45, 7) is 2.44. The summed E-state index contributed by atoms with van der Waals surface area (Å²) in [5.74, 6) is -0.615. The van der Waals surface area contributed by atoms with Crippen LogP contribution < -0.4 is 27.2 Å². The second-order valence-corrected chi connectivity index (χ2v) is 8.03. The number of anilines is 1. The monoisotopic (exact) mass is 459 g/mol. The molecule has 0 atom stereocenters. The normalized spacial score (nSPS) is 16.0. The number of hydrazine groups is 1. The van der Waals surface area contributed by atoms with E-state index in [2.05, 4.69) is 26.5 Å². The number of thiazole rings is 1. The Labute approximate surface area is 187 Å². The number of nitrogens with one attached hydrogen (secondary N) is 4. The topological polar surface area (TPSA) is 134 Å². The molecule has 1 saturated heterocycles. The van der Waals surface area contributed by atoms with Crippen LogP contribution in [0.15, 0.2) is 53.8 Å². The third-order valence-electron chi connectivity index (χ3n) is 4.75. The van der Waals surface area contributed by atoms with Crippen LogP contribution in [0.3, 0.4) is 0 Å². The van der Waals surface area contributed by atoms with Gasteiger partial charge in [0.15, 0.2) is 5.13 Å². The van der Waals surface area contributed by atoms with E-state index < -0.39 is 5.91 Å². The lowest BCUT2D eigenvalue weighted by molar-refractivity contribution is -0.115. The average molecular weight is 460 g/mol. The molecule has 0 saturated carbocycles. The Balaban J connectivity index is 1.45. The van der Waals surface area contributed by atoms with E-state index in [4.69, 9.17) is 10.5 Å². The molecular weight excluding hydrogens is 437 g/mol. The molecule has 32 heavy (non-hydrogen) atoms. The summed E-state index contributed by atoms with van der Waals surface area (Å²) in [6.07, 6.45) is 3.16. The van der Waals surface area contributed by atoms with Gasteiger partial charge in [0.1, 0.15) is 22.2 Å². The third-order valence-corrected chi connectivity index (χ3v) is 5.66. The van der Waals surface area contributed by atoms with Crippen molar-refractivity contribution in [3.63, 3.8) is 0 Å². The number of nitrogens with two attached hydrogens (primary N) is 1. The van der Waals surface area contributed by atoms with E-state index in [1.807, 2.05) is 0 Å². The highest BCUT2D eigenvalue weighted by Crippen LogP contribution is 2.22. The van der Waals surface area contributed by atoms with Gasteiger partial charge in [-0.2, -0.15) is 0 Å². The van der Waals surface area contributed by atoms with Crippen molar-refractivity contribution in [1.29, 1.82) is 0 Å². The molecule has 2 amide bonds. The molecule has 2 aromatic rings. The number of nitrogens with zero attached hydrogens (tertiary/aromatic N) is 2. The number of ether oxygens (including phenoxy) is 1. The molecular formula is C20H22FN7O3S. The second kappa shape index (κ2) is 9.66. The van der Waals surface area contributed by atoms with Crippen LogP contribution in [0.4, 0.5) is 9.52 Å². The van der Waals surface area contributed by atoms with E-state index in [-0.39, 0.29) is 24.0 Å². The van der Waals surface area contributed by atoms with Crippen LogP contribution in [-0.4, -0.2) is 48.0 Å². The maximum Gasteiger partial charge on any atom is 0.268 e. The number of allylic oxidation sites excluding steroid dienone is 1. The molecule has 1 fully saturated rings. The molecule has 0 bridgehead atoms. The molecule has 0 aliphatic carbocycles. The number of hydrogen-bond donors (Lipinski definition) is 5. The Morgan fingerprint density at radius 1 is 1.28 bits per heavy atom. The number of rotatable bonds is 7. The Bertz CT molecular complexity index is 1080. The van der Waals surface area contributed by atoms with Crippen molar-refractivity contribution in [1.82, 2.24) is 26.1 Å². The van der Waals surface area contributed by atoms with Gasteiger partial charge in [0.25, 0.3) is 11.8 Å². The molecule has 2 aliphatic rings. The third kappa shape index (κ3) is 5.15. The van der Waals surface area contributed by atoms with Gasteiger partial charge in [-0.15, -0.1) is 0 Å².